The van der Waals surface area contributed by atoms with Crippen molar-refractivity contribution in [3.63, 3.8) is 0 Å². The van der Waals surface area contributed by atoms with E-state index in [2.05, 4.69) is 6.92 Å². The van der Waals surface area contributed by atoms with Gasteiger partial charge in [-0.25, -0.2) is 4.39 Å². The quantitative estimate of drug-likeness (QED) is 0.683. The van der Waals surface area contributed by atoms with E-state index in [4.69, 9.17) is 0 Å². The number of carbonyl (C=O) groups excluding carboxylic acids is 1. The minimum absolute atomic E-state index is 0.00823. The van der Waals surface area contributed by atoms with Crippen LogP contribution in [0.5, 0.6) is 0 Å². The van der Waals surface area contributed by atoms with Gasteiger partial charge in [-0.3, -0.25) is 4.79 Å². The molecule has 2 aromatic carbocycles. The molecule has 0 heterocycles. The molecule has 0 N–H and O–H groups in total. The van der Waals surface area contributed by atoms with Gasteiger partial charge in [-0.1, -0.05) is 62.9 Å². The highest BCUT2D eigenvalue weighted by Gasteiger charge is 2.39. The number of fused-ring (bicyclic) bond motifs is 2. The fourth-order valence-electron chi connectivity index (χ4n) is 4.97. The first-order valence-corrected chi connectivity index (χ1v) is 9.43. The van der Waals surface area contributed by atoms with E-state index >= 15 is 0 Å². The Morgan fingerprint density at radius 1 is 1.12 bits per heavy atom. The molecule has 0 aliphatic heterocycles. The van der Waals surface area contributed by atoms with Gasteiger partial charge in [-0.05, 0) is 42.0 Å². The summed E-state index contributed by atoms with van der Waals surface area (Å²) in [5, 5.41) is 1.49. The van der Waals surface area contributed by atoms with Crippen molar-refractivity contribution >= 4 is 16.6 Å². The summed E-state index contributed by atoms with van der Waals surface area (Å²) in [6.07, 6.45) is 8.05. The number of hydrogen-bond acceptors (Lipinski definition) is 1. The van der Waals surface area contributed by atoms with Crippen LogP contribution in [0, 0.1) is 23.6 Å². The van der Waals surface area contributed by atoms with Gasteiger partial charge in [-0.15, -0.1) is 0 Å². The number of carbonyl (C=O) groups is 1. The van der Waals surface area contributed by atoms with Gasteiger partial charge < -0.3 is 0 Å². The van der Waals surface area contributed by atoms with Gasteiger partial charge in [-0.2, -0.15) is 0 Å². The van der Waals surface area contributed by atoms with E-state index in [9.17, 15) is 9.18 Å². The summed E-state index contributed by atoms with van der Waals surface area (Å²) in [6.45, 7) is 2.25. The van der Waals surface area contributed by atoms with E-state index in [1.165, 1.54) is 25.7 Å². The molecule has 0 radical (unpaired) electrons. The highest BCUT2D eigenvalue weighted by atomic mass is 19.1. The summed E-state index contributed by atoms with van der Waals surface area (Å²) in [6, 6.07) is 9.52. The molecule has 1 fully saturated rings. The maximum Gasteiger partial charge on any atom is 0.169 e. The first-order chi connectivity index (χ1) is 11.7. The third kappa shape index (κ3) is 2.56. The zero-order chi connectivity index (χ0) is 16.7. The van der Waals surface area contributed by atoms with Gasteiger partial charge in [0.05, 0.1) is 5.56 Å². The van der Waals surface area contributed by atoms with Crippen LogP contribution < -0.4 is 0 Å². The molecular formula is C22H25FO. The summed E-state index contributed by atoms with van der Waals surface area (Å²) in [4.78, 5) is 12.9. The lowest BCUT2D eigenvalue weighted by Crippen LogP contribution is -2.26. The van der Waals surface area contributed by atoms with E-state index in [0.717, 1.165) is 36.1 Å². The third-order valence-corrected chi connectivity index (χ3v) is 6.25. The first kappa shape index (κ1) is 15.8. The van der Waals surface area contributed by atoms with Crippen molar-refractivity contribution in [3.8, 4) is 0 Å². The number of ketones is 1. The first-order valence-electron chi connectivity index (χ1n) is 9.43. The molecule has 1 saturated carbocycles. The van der Waals surface area contributed by atoms with Crippen LogP contribution in [0.3, 0.4) is 0 Å². The van der Waals surface area contributed by atoms with E-state index < -0.39 is 0 Å². The van der Waals surface area contributed by atoms with Crippen molar-refractivity contribution in [3.05, 3.63) is 47.3 Å². The summed E-state index contributed by atoms with van der Waals surface area (Å²) in [7, 11) is 0. The average molecular weight is 324 g/mol. The van der Waals surface area contributed by atoms with E-state index in [1.807, 2.05) is 24.3 Å². The average Bonchev–Trinajstić information content (AvgIpc) is 2.93. The summed E-state index contributed by atoms with van der Waals surface area (Å²) < 4.78 is 14.9. The molecule has 0 saturated heterocycles. The Hall–Kier alpha value is -1.70. The SMILES string of the molecule is CCCC1CCC(C2Cc3cc4ccccc4c(F)c3C2=O)CC1. The molecule has 126 valence electrons. The van der Waals surface area contributed by atoms with Crippen molar-refractivity contribution in [2.45, 2.75) is 51.9 Å². The van der Waals surface area contributed by atoms with Crippen LogP contribution in [0.2, 0.25) is 0 Å². The summed E-state index contributed by atoms with van der Waals surface area (Å²) >= 11 is 0. The maximum absolute atomic E-state index is 14.9. The molecule has 2 heteroatoms. The number of Topliss-reactive ketones (excluding diaryl/α,β-unsaturated/α-hetero) is 1. The predicted octanol–water partition coefficient (Wildman–Crippen LogP) is 5.94. The van der Waals surface area contributed by atoms with Gasteiger partial charge in [0, 0.05) is 11.3 Å². The lowest BCUT2D eigenvalue weighted by atomic mass is 9.73. The molecule has 0 aromatic heterocycles. The van der Waals surface area contributed by atoms with Crippen molar-refractivity contribution in [2.75, 3.05) is 0 Å². The second-order valence-electron chi connectivity index (χ2n) is 7.69. The second kappa shape index (κ2) is 6.31. The van der Waals surface area contributed by atoms with Crippen LogP contribution in [0.15, 0.2) is 30.3 Å². The van der Waals surface area contributed by atoms with Crippen LogP contribution in [0.1, 0.15) is 61.4 Å². The number of hydrogen-bond donors (Lipinski definition) is 0. The fourth-order valence-corrected chi connectivity index (χ4v) is 4.97. The largest absolute Gasteiger partial charge is 0.294 e. The normalized spacial score (nSPS) is 26.8. The number of rotatable bonds is 3. The maximum atomic E-state index is 14.9. The van der Waals surface area contributed by atoms with Crippen molar-refractivity contribution < 1.29 is 9.18 Å². The Kier molecular flexibility index (Phi) is 4.15. The van der Waals surface area contributed by atoms with Gasteiger partial charge in [0.2, 0.25) is 0 Å². The Morgan fingerprint density at radius 2 is 1.88 bits per heavy atom. The van der Waals surface area contributed by atoms with Crippen molar-refractivity contribution in [1.82, 2.24) is 0 Å². The standard InChI is InChI=1S/C22H25FO/c1-2-5-14-8-10-15(11-9-14)19-13-17-12-16-6-3-4-7-18(16)21(23)20(17)22(19)24/h3-4,6-7,12,14-15,19H,2,5,8-11,13H2,1H3. The topological polar surface area (TPSA) is 17.1 Å². The molecule has 24 heavy (non-hydrogen) atoms. The van der Waals surface area contributed by atoms with E-state index in [1.54, 1.807) is 6.07 Å². The fraction of sp³-hybridized carbons (Fsp3) is 0.500. The molecule has 4 rings (SSSR count). The highest BCUT2D eigenvalue weighted by Crippen LogP contribution is 2.42. The Balaban J connectivity index is 1.59. The molecule has 0 amide bonds. The Bertz CT molecular complexity index is 771. The van der Waals surface area contributed by atoms with E-state index in [0.29, 0.717) is 16.9 Å². The van der Waals surface area contributed by atoms with Gasteiger partial charge >= 0.3 is 0 Å². The molecular weight excluding hydrogens is 299 g/mol. The van der Waals surface area contributed by atoms with Crippen LogP contribution in [0.25, 0.3) is 10.8 Å². The zero-order valence-electron chi connectivity index (χ0n) is 14.4. The predicted molar refractivity (Wildman–Crippen MR) is 95.8 cm³/mol. The smallest absolute Gasteiger partial charge is 0.169 e. The van der Waals surface area contributed by atoms with Crippen molar-refractivity contribution in [2.24, 2.45) is 17.8 Å². The van der Waals surface area contributed by atoms with Crippen LogP contribution in [-0.4, -0.2) is 5.78 Å². The number of halogens is 1. The molecule has 2 aromatic rings. The number of benzene rings is 2. The second-order valence-corrected chi connectivity index (χ2v) is 7.69. The van der Waals surface area contributed by atoms with Crippen LogP contribution >= 0.6 is 0 Å². The minimum Gasteiger partial charge on any atom is -0.294 e. The van der Waals surface area contributed by atoms with Gasteiger partial charge in [0.1, 0.15) is 5.82 Å². The Morgan fingerprint density at radius 3 is 2.62 bits per heavy atom. The minimum atomic E-state index is -0.296. The lowest BCUT2D eigenvalue weighted by molar-refractivity contribution is 0.0848. The molecule has 0 bridgehead atoms. The summed E-state index contributed by atoms with van der Waals surface area (Å²) in [5.41, 5.74) is 1.31. The van der Waals surface area contributed by atoms with Crippen LogP contribution in [0.4, 0.5) is 4.39 Å². The molecule has 2 aliphatic carbocycles. The third-order valence-electron chi connectivity index (χ3n) is 6.25. The molecule has 0 spiro atoms. The molecule has 1 unspecified atom stereocenters. The Labute approximate surface area is 143 Å². The lowest BCUT2D eigenvalue weighted by Gasteiger charge is -2.31. The van der Waals surface area contributed by atoms with Gasteiger partial charge in [0.15, 0.2) is 5.78 Å². The van der Waals surface area contributed by atoms with E-state index in [-0.39, 0.29) is 17.5 Å². The molecule has 1 nitrogen and oxygen atoms in total. The zero-order valence-corrected chi connectivity index (χ0v) is 14.4. The van der Waals surface area contributed by atoms with Gasteiger partial charge in [0.25, 0.3) is 0 Å². The van der Waals surface area contributed by atoms with Crippen LogP contribution in [-0.2, 0) is 6.42 Å². The molecule has 2 aliphatic rings. The van der Waals surface area contributed by atoms with Crippen molar-refractivity contribution in [1.29, 1.82) is 0 Å². The monoisotopic (exact) mass is 324 g/mol. The highest BCUT2D eigenvalue weighted by molar-refractivity contribution is 6.06. The summed E-state index contributed by atoms with van der Waals surface area (Å²) in [5.74, 6) is 1.06. The molecule has 1 atom stereocenters.